The quantitative estimate of drug-likeness (QED) is 0.576. The molecule has 1 saturated heterocycles. The zero-order valence-corrected chi connectivity index (χ0v) is 17.8. The molecule has 11 heteroatoms. The van der Waals surface area contributed by atoms with E-state index in [1.807, 2.05) is 6.07 Å². The van der Waals surface area contributed by atoms with Crippen LogP contribution in [0.25, 0.3) is 0 Å². The Hall–Kier alpha value is -2.95. The third kappa shape index (κ3) is 5.22. The summed E-state index contributed by atoms with van der Waals surface area (Å²) in [6.45, 7) is 2.93. The zero-order chi connectivity index (χ0) is 21.8. The predicted molar refractivity (Wildman–Crippen MR) is 117 cm³/mol. The van der Waals surface area contributed by atoms with Crippen molar-refractivity contribution < 1.29 is 17.5 Å². The number of nitrogens with one attached hydrogen (secondary N) is 2. The number of rotatable bonds is 6. The van der Waals surface area contributed by atoms with Crippen LogP contribution in [-0.4, -0.2) is 44.9 Å². The van der Waals surface area contributed by atoms with Crippen molar-refractivity contribution >= 4 is 44.5 Å². The summed E-state index contributed by atoms with van der Waals surface area (Å²) in [6, 6.07) is 11.7. The minimum absolute atomic E-state index is 0.128. The smallest absolute Gasteiger partial charge is 0.261 e. The molecule has 0 spiro atoms. The van der Waals surface area contributed by atoms with Crippen LogP contribution in [-0.2, 0) is 14.8 Å². The first-order valence-electron chi connectivity index (χ1n) is 9.41. The minimum atomic E-state index is -3.90. The SMILES string of the molecule is O=S(=O)(Nc1ccc(Nc2cc(N3CCOCC3)cnn2)cc1)c1ccc(F)c(Cl)c1. The van der Waals surface area contributed by atoms with Gasteiger partial charge in [0.25, 0.3) is 10.0 Å². The average molecular weight is 464 g/mol. The molecular weight excluding hydrogens is 445 g/mol. The Balaban J connectivity index is 1.44. The van der Waals surface area contributed by atoms with Gasteiger partial charge in [0.05, 0.1) is 35.0 Å². The van der Waals surface area contributed by atoms with E-state index in [2.05, 4.69) is 25.1 Å². The van der Waals surface area contributed by atoms with E-state index >= 15 is 0 Å². The first kappa shape index (κ1) is 21.3. The number of benzene rings is 2. The van der Waals surface area contributed by atoms with Crippen LogP contribution < -0.4 is 14.9 Å². The number of hydrogen-bond acceptors (Lipinski definition) is 7. The highest BCUT2D eigenvalue weighted by Gasteiger charge is 2.16. The molecule has 1 aliphatic heterocycles. The van der Waals surface area contributed by atoms with Crippen molar-refractivity contribution in [3.05, 3.63) is 65.6 Å². The minimum Gasteiger partial charge on any atom is -0.378 e. The molecule has 1 aromatic heterocycles. The molecule has 0 bridgehead atoms. The molecule has 1 fully saturated rings. The van der Waals surface area contributed by atoms with E-state index < -0.39 is 15.8 Å². The second kappa shape index (κ2) is 9.04. The molecule has 2 heterocycles. The van der Waals surface area contributed by atoms with Gasteiger partial charge in [0, 0.05) is 30.5 Å². The monoisotopic (exact) mass is 463 g/mol. The molecule has 0 atom stereocenters. The van der Waals surface area contributed by atoms with E-state index in [1.165, 1.54) is 0 Å². The van der Waals surface area contributed by atoms with Crippen molar-refractivity contribution in [1.29, 1.82) is 0 Å². The molecule has 0 aliphatic carbocycles. The van der Waals surface area contributed by atoms with Gasteiger partial charge in [-0.15, -0.1) is 5.10 Å². The van der Waals surface area contributed by atoms with Crippen molar-refractivity contribution in [2.24, 2.45) is 0 Å². The van der Waals surface area contributed by atoms with Gasteiger partial charge in [-0.3, -0.25) is 4.72 Å². The topological polar surface area (TPSA) is 96.5 Å². The number of sulfonamides is 1. The summed E-state index contributed by atoms with van der Waals surface area (Å²) >= 11 is 5.69. The molecule has 0 radical (unpaired) electrons. The van der Waals surface area contributed by atoms with Gasteiger partial charge in [-0.05, 0) is 42.5 Å². The van der Waals surface area contributed by atoms with Crippen LogP contribution in [0, 0.1) is 5.82 Å². The molecule has 4 rings (SSSR count). The number of aromatic nitrogens is 2. The maximum Gasteiger partial charge on any atom is 0.261 e. The second-order valence-electron chi connectivity index (χ2n) is 6.78. The lowest BCUT2D eigenvalue weighted by Gasteiger charge is -2.28. The number of hydrogen-bond donors (Lipinski definition) is 2. The number of ether oxygens (including phenoxy) is 1. The van der Waals surface area contributed by atoms with Gasteiger partial charge >= 0.3 is 0 Å². The largest absolute Gasteiger partial charge is 0.378 e. The molecule has 31 heavy (non-hydrogen) atoms. The van der Waals surface area contributed by atoms with Crippen LogP contribution in [0.2, 0.25) is 5.02 Å². The molecule has 8 nitrogen and oxygen atoms in total. The summed E-state index contributed by atoms with van der Waals surface area (Å²) in [5, 5.41) is 11.0. The Morgan fingerprint density at radius 2 is 1.74 bits per heavy atom. The van der Waals surface area contributed by atoms with Gasteiger partial charge in [0.1, 0.15) is 5.82 Å². The average Bonchev–Trinajstić information content (AvgIpc) is 2.77. The molecule has 2 aromatic carbocycles. The maximum atomic E-state index is 13.3. The van der Waals surface area contributed by atoms with Crippen molar-refractivity contribution in [3.63, 3.8) is 0 Å². The highest BCUT2D eigenvalue weighted by molar-refractivity contribution is 7.92. The summed E-state index contributed by atoms with van der Waals surface area (Å²) in [5.41, 5.74) is 2.00. The fraction of sp³-hybridized carbons (Fsp3) is 0.200. The normalized spacial score (nSPS) is 14.3. The third-order valence-corrected chi connectivity index (χ3v) is 6.30. The first-order valence-corrected chi connectivity index (χ1v) is 11.3. The summed E-state index contributed by atoms with van der Waals surface area (Å²) < 4.78 is 46.1. The predicted octanol–water partition coefficient (Wildman–Crippen LogP) is 3.65. The van der Waals surface area contributed by atoms with Crippen molar-refractivity contribution in [1.82, 2.24) is 10.2 Å². The molecule has 0 saturated carbocycles. The summed E-state index contributed by atoms with van der Waals surface area (Å²) in [7, 11) is -3.90. The molecule has 162 valence electrons. The number of halogens is 2. The van der Waals surface area contributed by atoms with Crippen LogP contribution >= 0.6 is 11.6 Å². The molecule has 3 aromatic rings. The van der Waals surface area contributed by atoms with E-state index in [9.17, 15) is 12.8 Å². The number of nitrogens with zero attached hydrogens (tertiary/aromatic N) is 3. The van der Waals surface area contributed by atoms with Crippen molar-refractivity contribution in [2.75, 3.05) is 41.2 Å². The van der Waals surface area contributed by atoms with Crippen molar-refractivity contribution in [3.8, 4) is 0 Å². The van der Waals surface area contributed by atoms with Gasteiger partial charge in [0.2, 0.25) is 0 Å². The molecule has 1 aliphatic rings. The molecule has 0 unspecified atom stereocenters. The Bertz CT molecular complexity index is 1170. The Morgan fingerprint density at radius 3 is 2.45 bits per heavy atom. The number of anilines is 4. The van der Waals surface area contributed by atoms with Crippen LogP contribution in [0.3, 0.4) is 0 Å². The lowest BCUT2D eigenvalue weighted by atomic mass is 10.3. The van der Waals surface area contributed by atoms with Gasteiger partial charge in [0.15, 0.2) is 5.82 Å². The maximum absolute atomic E-state index is 13.3. The standard InChI is InChI=1S/C20H19ClFN5O3S/c21-18-12-17(5-6-19(18)22)31(28,29)26-15-3-1-14(2-4-15)24-20-11-16(13-23-25-20)27-7-9-30-10-8-27/h1-6,11-13,26H,7-10H2,(H,24,25). The van der Waals surface area contributed by atoms with Crippen LogP contribution in [0.15, 0.2) is 59.6 Å². The van der Waals surface area contributed by atoms with Crippen LogP contribution in [0.4, 0.5) is 27.3 Å². The summed E-state index contributed by atoms with van der Waals surface area (Å²) in [6.07, 6.45) is 1.70. The fourth-order valence-electron chi connectivity index (χ4n) is 3.04. The highest BCUT2D eigenvalue weighted by Crippen LogP contribution is 2.24. The van der Waals surface area contributed by atoms with Gasteiger partial charge in [-0.1, -0.05) is 11.6 Å². The Labute approximate surface area is 184 Å². The molecular formula is C20H19ClFN5O3S. The zero-order valence-electron chi connectivity index (χ0n) is 16.3. The molecule has 2 N–H and O–H groups in total. The number of morpholine rings is 1. The third-order valence-electron chi connectivity index (χ3n) is 4.63. The van der Waals surface area contributed by atoms with E-state index in [-0.39, 0.29) is 9.92 Å². The summed E-state index contributed by atoms with van der Waals surface area (Å²) in [5.74, 6) is -0.116. The van der Waals surface area contributed by atoms with E-state index in [0.717, 1.165) is 37.0 Å². The van der Waals surface area contributed by atoms with E-state index in [4.69, 9.17) is 16.3 Å². The Morgan fingerprint density at radius 1 is 1.03 bits per heavy atom. The highest BCUT2D eigenvalue weighted by atomic mass is 35.5. The first-order chi connectivity index (χ1) is 14.9. The van der Waals surface area contributed by atoms with Crippen molar-refractivity contribution in [2.45, 2.75) is 4.90 Å². The Kier molecular flexibility index (Phi) is 6.21. The van der Waals surface area contributed by atoms with E-state index in [1.54, 1.807) is 30.5 Å². The molecule has 0 amide bonds. The lowest BCUT2D eigenvalue weighted by molar-refractivity contribution is 0.122. The van der Waals surface area contributed by atoms with Crippen LogP contribution in [0.5, 0.6) is 0 Å². The lowest BCUT2D eigenvalue weighted by Crippen LogP contribution is -2.36. The van der Waals surface area contributed by atoms with Gasteiger partial charge in [-0.25, -0.2) is 12.8 Å². The summed E-state index contributed by atoms with van der Waals surface area (Å²) in [4.78, 5) is 2.04. The second-order valence-corrected chi connectivity index (χ2v) is 8.87. The van der Waals surface area contributed by atoms with E-state index in [0.29, 0.717) is 30.4 Å². The van der Waals surface area contributed by atoms with Gasteiger partial charge < -0.3 is 15.0 Å². The fourth-order valence-corrected chi connectivity index (χ4v) is 4.37. The van der Waals surface area contributed by atoms with Gasteiger partial charge in [-0.2, -0.15) is 5.10 Å². The van der Waals surface area contributed by atoms with Crippen LogP contribution in [0.1, 0.15) is 0 Å².